The zero-order valence-electron chi connectivity index (χ0n) is 9.58. The Morgan fingerprint density at radius 3 is 2.63 bits per heavy atom. The number of hydrogen-bond donors (Lipinski definition) is 2. The van der Waals surface area contributed by atoms with Gasteiger partial charge < -0.3 is 11.1 Å². The van der Waals surface area contributed by atoms with Gasteiger partial charge in [0.05, 0.1) is 16.9 Å². The molecular weight excluding hydrogens is 398 g/mol. The van der Waals surface area contributed by atoms with Crippen LogP contribution >= 0.6 is 46.4 Å². The second-order valence-corrected chi connectivity index (χ2v) is 5.81. The molecule has 0 radical (unpaired) electrons. The molecule has 0 atom stereocenters. The Hall–Kier alpha value is -0.920. The molecule has 0 saturated heterocycles. The lowest BCUT2D eigenvalue weighted by Crippen LogP contribution is -2.14. The van der Waals surface area contributed by atoms with Gasteiger partial charge in [-0.25, -0.2) is 4.39 Å². The average Bonchev–Trinajstić information content (AvgIpc) is 2.32. The summed E-state index contributed by atoms with van der Waals surface area (Å²) in [5.41, 5.74) is 7.12. The highest BCUT2D eigenvalue weighted by molar-refractivity contribution is 14.1. The van der Waals surface area contributed by atoms with Gasteiger partial charge in [0.15, 0.2) is 0 Å². The van der Waals surface area contributed by atoms with Gasteiger partial charge in [-0.15, -0.1) is 0 Å². The number of anilines is 2. The molecule has 2 aromatic carbocycles. The fourth-order valence-corrected chi connectivity index (χ4v) is 2.83. The van der Waals surface area contributed by atoms with E-state index in [1.54, 1.807) is 18.2 Å². The first-order chi connectivity index (χ1) is 8.99. The van der Waals surface area contributed by atoms with Gasteiger partial charge in [0.2, 0.25) is 0 Å². The Morgan fingerprint density at radius 1 is 1.26 bits per heavy atom. The Balaban J connectivity index is 2.44. The third-order valence-corrected chi connectivity index (χ3v) is 3.79. The number of benzene rings is 2. The molecule has 6 heteroatoms. The number of nitrogens with one attached hydrogen (secondary N) is 1. The Morgan fingerprint density at radius 2 is 2.00 bits per heavy atom. The van der Waals surface area contributed by atoms with Crippen molar-refractivity contribution in [3.05, 3.63) is 56.4 Å². The Bertz CT molecular complexity index is 649. The quantitative estimate of drug-likeness (QED) is 0.584. The Labute approximate surface area is 134 Å². The molecule has 0 saturated carbocycles. The Kier molecular flexibility index (Phi) is 4.59. The highest BCUT2D eigenvalue weighted by Gasteiger charge is 2.12. The van der Waals surface area contributed by atoms with Crippen molar-refractivity contribution in [2.75, 3.05) is 5.32 Å². The molecule has 19 heavy (non-hydrogen) atoms. The van der Waals surface area contributed by atoms with E-state index in [1.807, 2.05) is 12.1 Å². The summed E-state index contributed by atoms with van der Waals surface area (Å²) in [6.45, 7) is 0. The van der Waals surface area contributed by atoms with E-state index in [0.29, 0.717) is 10.7 Å². The largest absolute Gasteiger partial charge is 0.389 e. The molecule has 2 rings (SSSR count). The van der Waals surface area contributed by atoms with Gasteiger partial charge in [-0.05, 0) is 52.9 Å². The smallest absolute Gasteiger partial charge is 0.135 e. The lowest BCUT2D eigenvalue weighted by atomic mass is 10.1. The minimum Gasteiger partial charge on any atom is -0.389 e. The highest BCUT2D eigenvalue weighted by Crippen LogP contribution is 2.28. The molecule has 0 amide bonds. The first-order valence-corrected chi connectivity index (χ1v) is 7.16. The summed E-state index contributed by atoms with van der Waals surface area (Å²) in [4.78, 5) is 0.0181. The molecule has 0 unspecified atom stereocenters. The predicted molar refractivity (Wildman–Crippen MR) is 89.7 cm³/mol. The van der Waals surface area contributed by atoms with Crippen LogP contribution in [0.5, 0.6) is 0 Å². The second-order valence-electron chi connectivity index (χ2n) is 3.78. The van der Waals surface area contributed by atoms with Crippen LogP contribution in [0.25, 0.3) is 0 Å². The van der Waals surface area contributed by atoms with Crippen LogP contribution in [0.2, 0.25) is 5.02 Å². The summed E-state index contributed by atoms with van der Waals surface area (Å²) >= 11 is 12.9. The molecule has 0 heterocycles. The topological polar surface area (TPSA) is 38.0 Å². The third-order valence-electron chi connectivity index (χ3n) is 2.46. The molecule has 2 nitrogen and oxygen atoms in total. The number of halogens is 3. The van der Waals surface area contributed by atoms with E-state index in [4.69, 9.17) is 29.6 Å². The molecule has 0 aliphatic heterocycles. The fraction of sp³-hybridized carbons (Fsp3) is 0. The summed E-state index contributed by atoms with van der Waals surface area (Å²) in [6, 6.07) is 10.0. The van der Waals surface area contributed by atoms with Crippen molar-refractivity contribution in [3.8, 4) is 0 Å². The fourth-order valence-electron chi connectivity index (χ4n) is 1.61. The highest BCUT2D eigenvalue weighted by atomic mass is 127. The van der Waals surface area contributed by atoms with Crippen molar-refractivity contribution in [3.63, 3.8) is 0 Å². The zero-order valence-corrected chi connectivity index (χ0v) is 13.3. The van der Waals surface area contributed by atoms with Crippen molar-refractivity contribution in [2.24, 2.45) is 5.73 Å². The molecule has 0 fully saturated rings. The van der Waals surface area contributed by atoms with Crippen LogP contribution in [0.15, 0.2) is 36.4 Å². The molecule has 0 aliphatic rings. The van der Waals surface area contributed by atoms with Gasteiger partial charge in [0.1, 0.15) is 10.8 Å². The predicted octanol–water partition coefficient (Wildman–Crippen LogP) is 4.46. The van der Waals surface area contributed by atoms with Gasteiger partial charge in [-0.2, -0.15) is 0 Å². The standard InChI is InChI=1S/C13H9ClFIN2S/c14-7-4-5-10(9(16)6-7)18-11-3-1-2-8(15)12(11)13(17)19/h1-6,18H,(H2,17,19). The lowest BCUT2D eigenvalue weighted by Gasteiger charge is -2.13. The molecule has 3 N–H and O–H groups in total. The van der Waals surface area contributed by atoms with E-state index in [0.717, 1.165) is 9.26 Å². The molecule has 98 valence electrons. The van der Waals surface area contributed by atoms with Gasteiger partial charge in [-0.1, -0.05) is 29.9 Å². The summed E-state index contributed by atoms with van der Waals surface area (Å²) in [7, 11) is 0. The minimum absolute atomic E-state index is 0.0181. The molecule has 0 bridgehead atoms. The number of thiocarbonyl (C=S) groups is 1. The number of hydrogen-bond acceptors (Lipinski definition) is 2. The lowest BCUT2D eigenvalue weighted by molar-refractivity contribution is 0.626. The van der Waals surface area contributed by atoms with Crippen molar-refractivity contribution < 1.29 is 4.39 Å². The molecular formula is C13H9ClFIN2S. The first-order valence-electron chi connectivity index (χ1n) is 5.29. The third kappa shape index (κ3) is 3.34. The van der Waals surface area contributed by atoms with E-state index in [-0.39, 0.29) is 10.6 Å². The van der Waals surface area contributed by atoms with Crippen LogP contribution in [0, 0.1) is 9.39 Å². The summed E-state index contributed by atoms with van der Waals surface area (Å²) < 4.78 is 14.7. The van der Waals surface area contributed by atoms with E-state index in [1.165, 1.54) is 6.07 Å². The van der Waals surface area contributed by atoms with Gasteiger partial charge in [-0.3, -0.25) is 0 Å². The van der Waals surface area contributed by atoms with Crippen LogP contribution in [0.4, 0.5) is 15.8 Å². The van der Waals surface area contributed by atoms with Crippen LogP contribution in [-0.2, 0) is 0 Å². The maximum atomic E-state index is 13.7. The molecule has 0 aliphatic carbocycles. The van der Waals surface area contributed by atoms with Gasteiger partial charge in [0, 0.05) is 8.59 Å². The van der Waals surface area contributed by atoms with E-state index in [2.05, 4.69) is 27.9 Å². The van der Waals surface area contributed by atoms with Crippen molar-refractivity contribution >= 4 is 62.8 Å². The zero-order chi connectivity index (χ0) is 14.0. The minimum atomic E-state index is -0.443. The SMILES string of the molecule is NC(=S)c1c(F)cccc1Nc1ccc(Cl)cc1I. The summed E-state index contributed by atoms with van der Waals surface area (Å²) in [6.07, 6.45) is 0. The first kappa shape index (κ1) is 14.5. The number of rotatable bonds is 3. The van der Waals surface area contributed by atoms with Crippen LogP contribution in [0.3, 0.4) is 0 Å². The van der Waals surface area contributed by atoms with Crippen molar-refractivity contribution in [2.45, 2.75) is 0 Å². The second kappa shape index (κ2) is 6.02. The average molecular weight is 407 g/mol. The molecule has 2 aromatic rings. The van der Waals surface area contributed by atoms with Gasteiger partial charge in [0.25, 0.3) is 0 Å². The van der Waals surface area contributed by atoms with Crippen LogP contribution in [0.1, 0.15) is 5.56 Å². The van der Waals surface area contributed by atoms with E-state index < -0.39 is 5.82 Å². The van der Waals surface area contributed by atoms with Crippen LogP contribution < -0.4 is 11.1 Å². The van der Waals surface area contributed by atoms with Gasteiger partial charge >= 0.3 is 0 Å². The number of nitrogens with two attached hydrogens (primary N) is 1. The summed E-state index contributed by atoms with van der Waals surface area (Å²) in [5, 5.41) is 3.76. The van der Waals surface area contributed by atoms with Crippen LogP contribution in [-0.4, -0.2) is 4.99 Å². The maximum Gasteiger partial charge on any atom is 0.135 e. The van der Waals surface area contributed by atoms with Crippen molar-refractivity contribution in [1.29, 1.82) is 0 Å². The van der Waals surface area contributed by atoms with Crippen molar-refractivity contribution in [1.82, 2.24) is 0 Å². The normalized spacial score (nSPS) is 10.3. The van der Waals surface area contributed by atoms with E-state index in [9.17, 15) is 4.39 Å². The monoisotopic (exact) mass is 406 g/mol. The molecule has 0 spiro atoms. The molecule has 0 aromatic heterocycles. The summed E-state index contributed by atoms with van der Waals surface area (Å²) in [5.74, 6) is -0.443. The maximum absolute atomic E-state index is 13.7. The van der Waals surface area contributed by atoms with E-state index >= 15 is 0 Å².